The Bertz CT molecular complexity index is 1290. The van der Waals surface area contributed by atoms with Gasteiger partial charge in [0.05, 0.1) is 30.7 Å². The molecule has 0 radical (unpaired) electrons. The van der Waals surface area contributed by atoms with Gasteiger partial charge in [-0.15, -0.1) is 0 Å². The van der Waals surface area contributed by atoms with Crippen LogP contribution in [0.2, 0.25) is 0 Å². The second kappa shape index (κ2) is 14.5. The van der Waals surface area contributed by atoms with Crippen molar-refractivity contribution in [3.63, 3.8) is 0 Å². The van der Waals surface area contributed by atoms with E-state index in [-0.39, 0.29) is 12.1 Å². The van der Waals surface area contributed by atoms with Crippen LogP contribution in [0.5, 0.6) is 17.2 Å². The Morgan fingerprint density at radius 2 is 1.58 bits per heavy atom. The molecule has 3 heterocycles. The maximum Gasteiger partial charge on any atom is 0.410 e. The minimum Gasteiger partial charge on any atom is -0.494 e. The van der Waals surface area contributed by atoms with Gasteiger partial charge in [-0.2, -0.15) is 0 Å². The van der Waals surface area contributed by atoms with E-state index in [1.54, 1.807) is 11.1 Å². The van der Waals surface area contributed by atoms with Crippen molar-refractivity contribution >= 4 is 11.8 Å². The minimum atomic E-state index is -0.505. The van der Waals surface area contributed by atoms with Gasteiger partial charge in [-0.05, 0) is 88.6 Å². The quantitative estimate of drug-likeness (QED) is 0.236. The number of likely N-dealkylation sites (tertiary alicyclic amines) is 1. The molecule has 5 rings (SSSR count). The van der Waals surface area contributed by atoms with Crippen molar-refractivity contribution in [3.05, 3.63) is 78.6 Å². The summed E-state index contributed by atoms with van der Waals surface area (Å²) in [6.07, 6.45) is 8.55. The second-order valence-electron chi connectivity index (χ2n) is 12.5. The van der Waals surface area contributed by atoms with Gasteiger partial charge in [-0.3, -0.25) is 4.98 Å². The van der Waals surface area contributed by atoms with Crippen molar-refractivity contribution in [3.8, 4) is 17.2 Å². The van der Waals surface area contributed by atoms with Gasteiger partial charge >= 0.3 is 6.09 Å². The highest BCUT2D eigenvalue weighted by molar-refractivity contribution is 5.69. The Morgan fingerprint density at radius 1 is 0.860 bits per heavy atom. The fraction of sp³-hybridized carbons (Fsp3) is 0.486. The lowest BCUT2D eigenvalue weighted by Gasteiger charge is -2.33. The largest absolute Gasteiger partial charge is 0.494 e. The zero-order valence-corrected chi connectivity index (χ0v) is 25.7. The van der Waals surface area contributed by atoms with E-state index >= 15 is 0 Å². The Labute approximate surface area is 255 Å². The van der Waals surface area contributed by atoms with Crippen LogP contribution in [0.25, 0.3) is 0 Å². The number of hydrogen-bond donors (Lipinski definition) is 0. The van der Waals surface area contributed by atoms with Crippen molar-refractivity contribution < 1.29 is 23.7 Å². The zero-order valence-electron chi connectivity index (χ0n) is 25.7. The third-order valence-corrected chi connectivity index (χ3v) is 7.99. The molecule has 2 aliphatic rings. The molecule has 1 atom stereocenters. The molecule has 2 fully saturated rings. The van der Waals surface area contributed by atoms with Crippen molar-refractivity contribution in [1.29, 1.82) is 0 Å². The number of amides is 1. The van der Waals surface area contributed by atoms with E-state index in [1.807, 2.05) is 69.4 Å². The number of rotatable bonds is 11. The first-order valence-corrected chi connectivity index (χ1v) is 15.5. The van der Waals surface area contributed by atoms with Crippen LogP contribution in [0.4, 0.5) is 10.5 Å². The van der Waals surface area contributed by atoms with Gasteiger partial charge in [0.25, 0.3) is 0 Å². The van der Waals surface area contributed by atoms with Crippen LogP contribution in [0, 0.1) is 5.92 Å². The first-order chi connectivity index (χ1) is 20.8. The van der Waals surface area contributed by atoms with E-state index in [0.29, 0.717) is 32.3 Å². The first-order valence-electron chi connectivity index (χ1n) is 15.5. The van der Waals surface area contributed by atoms with E-state index in [0.717, 1.165) is 73.7 Å². The Hall–Kier alpha value is -3.94. The smallest absolute Gasteiger partial charge is 0.410 e. The highest BCUT2D eigenvalue weighted by Crippen LogP contribution is 2.28. The Balaban J connectivity index is 1.01. The predicted octanol–water partition coefficient (Wildman–Crippen LogP) is 7.12. The molecule has 1 unspecified atom stereocenters. The van der Waals surface area contributed by atoms with Crippen molar-refractivity contribution in [2.45, 2.75) is 71.1 Å². The van der Waals surface area contributed by atoms with Crippen LogP contribution in [0.1, 0.15) is 58.4 Å². The summed E-state index contributed by atoms with van der Waals surface area (Å²) in [6.45, 7) is 10.1. The van der Waals surface area contributed by atoms with Crippen LogP contribution in [0.15, 0.2) is 73.1 Å². The summed E-state index contributed by atoms with van der Waals surface area (Å²) in [7, 11) is 0. The van der Waals surface area contributed by atoms with Crippen molar-refractivity contribution in [1.82, 2.24) is 9.88 Å². The molecule has 0 saturated carbocycles. The summed E-state index contributed by atoms with van der Waals surface area (Å²) in [5.74, 6) is 3.09. The molecule has 2 aromatic carbocycles. The van der Waals surface area contributed by atoms with Crippen LogP contribution >= 0.6 is 0 Å². The number of pyridine rings is 1. The summed E-state index contributed by atoms with van der Waals surface area (Å²) >= 11 is 0. The number of nitrogens with zero attached hydrogens (tertiary/aromatic N) is 3. The lowest BCUT2D eigenvalue weighted by Crippen LogP contribution is -2.42. The molecule has 2 aliphatic heterocycles. The summed E-state index contributed by atoms with van der Waals surface area (Å²) < 4.78 is 23.6. The lowest BCUT2D eigenvalue weighted by atomic mass is 9.94. The number of carbonyl (C=O) groups excluding carboxylic acids is 1. The van der Waals surface area contributed by atoms with E-state index < -0.39 is 5.60 Å². The molecule has 230 valence electrons. The zero-order chi connectivity index (χ0) is 30.1. The average Bonchev–Trinajstić information content (AvgIpc) is 3.49. The molecule has 0 spiro atoms. The molecular formula is C35H45N3O5. The van der Waals surface area contributed by atoms with Crippen molar-refractivity contribution in [2.24, 2.45) is 5.92 Å². The molecule has 0 N–H and O–H groups in total. The Morgan fingerprint density at radius 3 is 2.30 bits per heavy atom. The standard InChI is InChI=1S/C35H45N3O5/c1-35(2,3)43-34(39)38-18-7-10-29(38)26-42-33-22-30(23-36-24-33)37-19-15-27(16-20-37)17-21-40-31-11-13-32(14-12-31)41-25-28-8-5-4-6-9-28/h4-6,8-9,11-14,22-24,27,29H,7,10,15-21,25-26H2,1-3H3. The van der Waals surface area contributed by atoms with Crippen LogP contribution in [-0.4, -0.2) is 60.5 Å². The fourth-order valence-corrected chi connectivity index (χ4v) is 5.62. The summed E-state index contributed by atoms with van der Waals surface area (Å²) in [6, 6.07) is 20.1. The van der Waals surface area contributed by atoms with Crippen LogP contribution in [0.3, 0.4) is 0 Å². The molecule has 8 heteroatoms. The third-order valence-electron chi connectivity index (χ3n) is 7.99. The minimum absolute atomic E-state index is 0.0161. The number of aromatic nitrogens is 1. The molecule has 1 amide bonds. The second-order valence-corrected chi connectivity index (χ2v) is 12.5. The molecule has 0 aliphatic carbocycles. The number of piperidine rings is 1. The van der Waals surface area contributed by atoms with E-state index in [4.69, 9.17) is 18.9 Å². The predicted molar refractivity (Wildman–Crippen MR) is 168 cm³/mol. The Kier molecular flexibility index (Phi) is 10.3. The molecule has 1 aromatic heterocycles. The van der Waals surface area contributed by atoms with Gasteiger partial charge in [0, 0.05) is 25.7 Å². The summed E-state index contributed by atoms with van der Waals surface area (Å²) in [5, 5.41) is 0. The topological polar surface area (TPSA) is 73.4 Å². The van der Waals surface area contributed by atoms with E-state index in [1.165, 1.54) is 0 Å². The molecule has 43 heavy (non-hydrogen) atoms. The number of ether oxygens (including phenoxy) is 4. The monoisotopic (exact) mass is 587 g/mol. The maximum absolute atomic E-state index is 12.6. The van der Waals surface area contributed by atoms with Gasteiger partial charge in [-0.25, -0.2) is 4.79 Å². The van der Waals surface area contributed by atoms with E-state index in [2.05, 4.69) is 28.1 Å². The third kappa shape index (κ3) is 9.27. The molecular weight excluding hydrogens is 542 g/mol. The highest BCUT2D eigenvalue weighted by Gasteiger charge is 2.32. The van der Waals surface area contributed by atoms with Gasteiger partial charge in [0.1, 0.15) is 36.1 Å². The van der Waals surface area contributed by atoms with Crippen molar-refractivity contribution in [2.75, 3.05) is 37.7 Å². The number of benzene rings is 2. The number of anilines is 1. The molecule has 2 saturated heterocycles. The van der Waals surface area contributed by atoms with Gasteiger partial charge < -0.3 is 28.7 Å². The SMILES string of the molecule is CC(C)(C)OC(=O)N1CCCC1COc1cncc(N2CCC(CCOc3ccc(OCc4ccccc4)cc3)CC2)c1. The van der Waals surface area contributed by atoms with Gasteiger partial charge in [0.15, 0.2) is 0 Å². The normalized spacial score (nSPS) is 17.5. The summed E-state index contributed by atoms with van der Waals surface area (Å²) in [5.41, 5.74) is 1.73. The highest BCUT2D eigenvalue weighted by atomic mass is 16.6. The van der Waals surface area contributed by atoms with Crippen LogP contribution < -0.4 is 19.1 Å². The average molecular weight is 588 g/mol. The summed E-state index contributed by atoms with van der Waals surface area (Å²) in [4.78, 5) is 21.2. The fourth-order valence-electron chi connectivity index (χ4n) is 5.62. The lowest BCUT2D eigenvalue weighted by molar-refractivity contribution is 0.0187. The first kappa shape index (κ1) is 30.5. The number of hydrogen-bond acceptors (Lipinski definition) is 7. The number of carbonyl (C=O) groups is 1. The molecule has 3 aromatic rings. The van der Waals surface area contributed by atoms with Gasteiger partial charge in [-0.1, -0.05) is 30.3 Å². The van der Waals surface area contributed by atoms with E-state index in [9.17, 15) is 4.79 Å². The molecule has 8 nitrogen and oxygen atoms in total. The molecule has 0 bridgehead atoms. The van der Waals surface area contributed by atoms with Gasteiger partial charge in [0.2, 0.25) is 0 Å². The van der Waals surface area contributed by atoms with Crippen LogP contribution in [-0.2, 0) is 11.3 Å². The maximum atomic E-state index is 12.6.